The van der Waals surface area contributed by atoms with E-state index in [1.165, 1.54) is 0 Å². The summed E-state index contributed by atoms with van der Waals surface area (Å²) in [6.45, 7) is 0. The van der Waals surface area contributed by atoms with Crippen LogP contribution in [-0.2, 0) is 0 Å². The van der Waals surface area contributed by atoms with E-state index in [1.54, 1.807) is 12.1 Å². The van der Waals surface area contributed by atoms with Crippen molar-refractivity contribution < 1.29 is 10.0 Å². The second-order valence-electron chi connectivity index (χ2n) is 3.62. The molecule has 0 fully saturated rings. The molecule has 2 N–H and O–H groups in total. The van der Waals surface area contributed by atoms with Crippen molar-refractivity contribution in [3.8, 4) is 11.1 Å². The maximum Gasteiger partial charge on any atom is 0.488 e. The minimum absolute atomic E-state index is 0.485. The molecule has 0 aliphatic heterocycles. The molecule has 0 aliphatic carbocycles. The van der Waals surface area contributed by atoms with Crippen LogP contribution >= 0.6 is 0 Å². The Balaban J connectivity index is 2.31. The van der Waals surface area contributed by atoms with Crippen molar-refractivity contribution in [1.82, 2.24) is 0 Å². The van der Waals surface area contributed by atoms with Crippen molar-refractivity contribution >= 4 is 25.9 Å². The molecule has 0 amide bonds. The molecule has 0 unspecified atom stereocenters. The monoisotopic (exact) mass is 208 g/mol. The summed E-state index contributed by atoms with van der Waals surface area (Å²) in [5.74, 6) is 0. The highest BCUT2D eigenvalue weighted by Crippen LogP contribution is 2.16. The van der Waals surface area contributed by atoms with Gasteiger partial charge in [0, 0.05) is 0 Å². The van der Waals surface area contributed by atoms with E-state index >= 15 is 0 Å². The van der Waals surface area contributed by atoms with E-state index in [2.05, 4.69) is 0 Å². The quantitative estimate of drug-likeness (QED) is 0.672. The minimum Gasteiger partial charge on any atom is -0.423 e. The van der Waals surface area contributed by atoms with Gasteiger partial charge in [-0.15, -0.1) is 0 Å². The minimum atomic E-state index is -1.42. The van der Waals surface area contributed by atoms with E-state index < -0.39 is 7.12 Å². The van der Waals surface area contributed by atoms with Crippen molar-refractivity contribution in [3.63, 3.8) is 0 Å². The lowest BCUT2D eigenvalue weighted by molar-refractivity contribution is 0.426. The van der Waals surface area contributed by atoms with Gasteiger partial charge in [-0.05, 0) is 16.6 Å². The molecule has 0 bridgehead atoms. The molecule has 0 aromatic heterocycles. The Labute approximate surface area is 96.1 Å². The predicted molar refractivity (Wildman–Crippen MR) is 67.1 cm³/mol. The van der Waals surface area contributed by atoms with Crippen LogP contribution < -0.4 is 10.9 Å². The molecule has 0 heterocycles. The van der Waals surface area contributed by atoms with Crippen molar-refractivity contribution in [2.75, 3.05) is 0 Å². The third-order valence-corrected chi connectivity index (χ3v) is 2.45. The lowest BCUT2D eigenvalue weighted by atomic mass is 9.80. The summed E-state index contributed by atoms with van der Waals surface area (Å²) in [7, 11) is 4.19. The predicted octanol–water partition coefficient (Wildman–Crippen LogP) is -0.173. The van der Waals surface area contributed by atoms with E-state index in [0.717, 1.165) is 16.6 Å². The maximum atomic E-state index is 8.96. The lowest BCUT2D eigenvalue weighted by Gasteiger charge is -2.04. The topological polar surface area (TPSA) is 40.5 Å². The molecular formula is C12H10B2O2. The zero-order chi connectivity index (χ0) is 11.5. The Bertz CT molecular complexity index is 463. The van der Waals surface area contributed by atoms with Gasteiger partial charge in [-0.1, -0.05) is 54.0 Å². The largest absolute Gasteiger partial charge is 0.488 e. The first-order valence-electron chi connectivity index (χ1n) is 4.99. The average molecular weight is 208 g/mol. The van der Waals surface area contributed by atoms with Gasteiger partial charge in [-0.25, -0.2) is 0 Å². The van der Waals surface area contributed by atoms with Crippen LogP contribution in [0.15, 0.2) is 48.5 Å². The van der Waals surface area contributed by atoms with Gasteiger partial charge < -0.3 is 10.0 Å². The van der Waals surface area contributed by atoms with Crippen LogP contribution in [0.2, 0.25) is 0 Å². The molecule has 2 aromatic carbocycles. The van der Waals surface area contributed by atoms with Crippen LogP contribution in [0.3, 0.4) is 0 Å². The average Bonchev–Trinajstić information content (AvgIpc) is 2.30. The fourth-order valence-corrected chi connectivity index (χ4v) is 1.52. The molecule has 76 valence electrons. The van der Waals surface area contributed by atoms with Gasteiger partial charge in [0.25, 0.3) is 0 Å². The molecule has 0 saturated carbocycles. The Morgan fingerprint density at radius 3 is 1.62 bits per heavy atom. The first-order chi connectivity index (χ1) is 7.66. The smallest absolute Gasteiger partial charge is 0.423 e. The normalized spacial score (nSPS) is 10.1. The molecule has 0 aliphatic rings. The van der Waals surface area contributed by atoms with Gasteiger partial charge in [0.05, 0.1) is 0 Å². The summed E-state index contributed by atoms with van der Waals surface area (Å²) in [6, 6.07) is 14.6. The number of rotatable bonds is 2. The summed E-state index contributed by atoms with van der Waals surface area (Å²) < 4.78 is 0. The molecule has 2 nitrogen and oxygen atoms in total. The highest BCUT2D eigenvalue weighted by atomic mass is 16.4. The van der Waals surface area contributed by atoms with Crippen molar-refractivity contribution in [3.05, 3.63) is 48.5 Å². The van der Waals surface area contributed by atoms with E-state index in [1.807, 2.05) is 36.4 Å². The molecular weight excluding hydrogens is 198 g/mol. The van der Waals surface area contributed by atoms with Crippen molar-refractivity contribution in [1.29, 1.82) is 0 Å². The lowest BCUT2D eigenvalue weighted by Crippen LogP contribution is -2.29. The van der Waals surface area contributed by atoms with Crippen LogP contribution in [0.25, 0.3) is 11.1 Å². The Kier molecular flexibility index (Phi) is 3.13. The summed E-state index contributed by atoms with van der Waals surface area (Å²) >= 11 is 0. The highest BCUT2D eigenvalue weighted by Gasteiger charge is 2.09. The van der Waals surface area contributed by atoms with E-state index in [9.17, 15) is 0 Å². The molecule has 2 aromatic rings. The second kappa shape index (κ2) is 4.56. The Morgan fingerprint density at radius 1 is 0.750 bits per heavy atom. The van der Waals surface area contributed by atoms with Gasteiger partial charge in [-0.3, -0.25) is 0 Å². The van der Waals surface area contributed by atoms with Gasteiger partial charge in [0.15, 0.2) is 0 Å². The molecule has 16 heavy (non-hydrogen) atoms. The summed E-state index contributed by atoms with van der Waals surface area (Å²) in [5, 5.41) is 17.9. The van der Waals surface area contributed by atoms with Crippen LogP contribution in [0.4, 0.5) is 0 Å². The van der Waals surface area contributed by atoms with Crippen LogP contribution in [0, 0.1) is 0 Å². The molecule has 0 saturated heterocycles. The number of benzene rings is 2. The fourth-order valence-electron chi connectivity index (χ4n) is 1.52. The second-order valence-corrected chi connectivity index (χ2v) is 3.62. The summed E-state index contributed by atoms with van der Waals surface area (Å²) in [5.41, 5.74) is 3.28. The summed E-state index contributed by atoms with van der Waals surface area (Å²) in [6.07, 6.45) is 0. The molecule has 4 heteroatoms. The molecule has 0 atom stereocenters. The zero-order valence-corrected chi connectivity index (χ0v) is 8.67. The van der Waals surface area contributed by atoms with E-state index in [0.29, 0.717) is 5.46 Å². The third kappa shape index (κ3) is 2.35. The highest BCUT2D eigenvalue weighted by molar-refractivity contribution is 6.58. The van der Waals surface area contributed by atoms with Gasteiger partial charge in [-0.2, -0.15) is 0 Å². The first-order valence-corrected chi connectivity index (χ1v) is 4.99. The van der Waals surface area contributed by atoms with Gasteiger partial charge >= 0.3 is 7.12 Å². The zero-order valence-electron chi connectivity index (χ0n) is 8.67. The first kappa shape index (κ1) is 11.0. The van der Waals surface area contributed by atoms with Crippen LogP contribution in [0.1, 0.15) is 0 Å². The summed E-state index contributed by atoms with van der Waals surface area (Å²) in [4.78, 5) is 0. The van der Waals surface area contributed by atoms with E-state index in [4.69, 9.17) is 17.9 Å². The number of hydrogen-bond acceptors (Lipinski definition) is 2. The SMILES string of the molecule is [B]c1ccc(-c2ccc(B(O)O)cc2)cc1. The molecule has 2 radical (unpaired) electrons. The maximum absolute atomic E-state index is 8.96. The van der Waals surface area contributed by atoms with Gasteiger partial charge in [0.1, 0.15) is 7.85 Å². The van der Waals surface area contributed by atoms with E-state index in [-0.39, 0.29) is 0 Å². The standard InChI is InChI=1S/C12H10B2O2/c13-11-5-1-9(2-6-11)10-3-7-12(8-4-10)14(15)16/h1-8,15-16H. The third-order valence-electron chi connectivity index (χ3n) is 2.45. The fraction of sp³-hybridized carbons (Fsp3) is 0. The Morgan fingerprint density at radius 2 is 1.19 bits per heavy atom. The van der Waals surface area contributed by atoms with Gasteiger partial charge in [0.2, 0.25) is 0 Å². The molecule has 0 spiro atoms. The molecule has 2 rings (SSSR count). The van der Waals surface area contributed by atoms with Crippen molar-refractivity contribution in [2.45, 2.75) is 0 Å². The van der Waals surface area contributed by atoms with Crippen LogP contribution in [-0.4, -0.2) is 25.0 Å². The Hall–Kier alpha value is -1.51. The number of hydrogen-bond donors (Lipinski definition) is 2. The van der Waals surface area contributed by atoms with Crippen molar-refractivity contribution in [2.24, 2.45) is 0 Å². The van der Waals surface area contributed by atoms with Crippen LogP contribution in [0.5, 0.6) is 0 Å².